The molecule has 0 bridgehead atoms. The van der Waals surface area contributed by atoms with Gasteiger partial charge in [-0.2, -0.15) is 0 Å². The highest BCUT2D eigenvalue weighted by Crippen LogP contribution is 2.47. The molecule has 1 aromatic heterocycles. The number of benzene rings is 1. The number of hydrogen-bond acceptors (Lipinski definition) is 3. The Balaban J connectivity index is 1.64. The van der Waals surface area contributed by atoms with E-state index in [-0.39, 0.29) is 18.4 Å². The van der Waals surface area contributed by atoms with E-state index in [1.165, 1.54) is 12.3 Å². The molecule has 2 aromatic rings. The number of anilines is 1. The molecule has 7 heteroatoms. The highest BCUT2D eigenvalue weighted by molar-refractivity contribution is 6.36. The lowest BCUT2D eigenvalue weighted by Crippen LogP contribution is -2.39. The zero-order chi connectivity index (χ0) is 16.4. The summed E-state index contributed by atoms with van der Waals surface area (Å²) in [5.74, 6) is -0.0366. The summed E-state index contributed by atoms with van der Waals surface area (Å²) in [6.45, 7) is 0.253. The molecule has 0 radical (unpaired) electrons. The van der Waals surface area contributed by atoms with Crippen molar-refractivity contribution in [2.45, 2.75) is 19.4 Å². The first kappa shape index (κ1) is 15.9. The van der Waals surface area contributed by atoms with Gasteiger partial charge >= 0.3 is 0 Å². The fourth-order valence-electron chi connectivity index (χ4n) is 2.26. The van der Waals surface area contributed by atoms with Crippen molar-refractivity contribution in [1.82, 2.24) is 5.32 Å². The van der Waals surface area contributed by atoms with E-state index < -0.39 is 5.41 Å². The fraction of sp³-hybridized carbons (Fsp3) is 0.250. The van der Waals surface area contributed by atoms with Crippen molar-refractivity contribution in [3.8, 4) is 0 Å². The van der Waals surface area contributed by atoms with Gasteiger partial charge in [0, 0.05) is 5.02 Å². The van der Waals surface area contributed by atoms with E-state index in [1.807, 2.05) is 0 Å². The molecule has 0 atom stereocenters. The topological polar surface area (TPSA) is 71.3 Å². The lowest BCUT2D eigenvalue weighted by atomic mass is 10.0. The zero-order valence-electron chi connectivity index (χ0n) is 12.1. The maximum atomic E-state index is 12.4. The highest BCUT2D eigenvalue weighted by atomic mass is 35.5. The average molecular weight is 353 g/mol. The second-order valence-corrected chi connectivity index (χ2v) is 6.27. The molecule has 0 spiro atoms. The van der Waals surface area contributed by atoms with Crippen molar-refractivity contribution >= 4 is 40.7 Å². The normalized spacial score (nSPS) is 15.0. The van der Waals surface area contributed by atoms with Crippen LogP contribution in [-0.4, -0.2) is 11.8 Å². The van der Waals surface area contributed by atoms with Crippen molar-refractivity contribution in [2.24, 2.45) is 5.41 Å². The third-order valence-corrected chi connectivity index (χ3v) is 4.35. The summed E-state index contributed by atoms with van der Waals surface area (Å²) in [6.07, 6.45) is 2.55. The van der Waals surface area contributed by atoms with Gasteiger partial charge in [-0.25, -0.2) is 0 Å². The van der Waals surface area contributed by atoms with Crippen molar-refractivity contribution in [2.75, 3.05) is 5.32 Å². The first-order valence-electron chi connectivity index (χ1n) is 7.08. The summed E-state index contributed by atoms with van der Waals surface area (Å²) in [5.41, 5.74) is -0.596. The smallest absolute Gasteiger partial charge is 0.240 e. The first-order chi connectivity index (χ1) is 11.0. The summed E-state index contributed by atoms with van der Waals surface area (Å²) < 4.78 is 5.15. The third-order valence-electron chi connectivity index (χ3n) is 3.80. The Morgan fingerprint density at radius 1 is 1.17 bits per heavy atom. The molecule has 1 aliphatic rings. The molecular formula is C16H14Cl2N2O3. The van der Waals surface area contributed by atoms with Crippen LogP contribution in [0.1, 0.15) is 18.6 Å². The largest absolute Gasteiger partial charge is 0.467 e. The Hall–Kier alpha value is -1.98. The van der Waals surface area contributed by atoms with E-state index in [1.54, 1.807) is 24.3 Å². The Morgan fingerprint density at radius 3 is 2.57 bits per heavy atom. The van der Waals surface area contributed by atoms with Crippen molar-refractivity contribution in [3.05, 3.63) is 52.4 Å². The molecule has 23 heavy (non-hydrogen) atoms. The van der Waals surface area contributed by atoms with Crippen LogP contribution in [0, 0.1) is 5.41 Å². The van der Waals surface area contributed by atoms with Crippen LogP contribution in [0.5, 0.6) is 0 Å². The van der Waals surface area contributed by atoms with Crippen LogP contribution in [0.2, 0.25) is 10.0 Å². The standard InChI is InChI=1S/C16H14Cl2N2O3/c17-10-3-4-13(12(18)8-10)20-15(22)16(5-6-16)14(21)19-9-11-2-1-7-23-11/h1-4,7-8H,5-6,9H2,(H,19,21)(H,20,22). The Kier molecular flexibility index (Phi) is 4.33. The molecule has 1 heterocycles. The van der Waals surface area contributed by atoms with Crippen LogP contribution >= 0.6 is 23.2 Å². The lowest BCUT2D eigenvalue weighted by molar-refractivity contribution is -0.134. The zero-order valence-corrected chi connectivity index (χ0v) is 13.6. The predicted octanol–water partition coefficient (Wildman–Crippen LogP) is 3.62. The first-order valence-corrected chi connectivity index (χ1v) is 7.84. The van der Waals surface area contributed by atoms with Crippen molar-refractivity contribution < 1.29 is 14.0 Å². The van der Waals surface area contributed by atoms with Gasteiger partial charge in [0.15, 0.2) is 0 Å². The van der Waals surface area contributed by atoms with Crippen LogP contribution in [0.15, 0.2) is 41.0 Å². The number of amides is 2. The quantitative estimate of drug-likeness (QED) is 0.807. The summed E-state index contributed by atoms with van der Waals surface area (Å²) in [7, 11) is 0. The summed E-state index contributed by atoms with van der Waals surface area (Å²) in [4.78, 5) is 24.8. The van der Waals surface area contributed by atoms with E-state index in [4.69, 9.17) is 27.6 Å². The van der Waals surface area contributed by atoms with Crippen LogP contribution in [0.4, 0.5) is 5.69 Å². The van der Waals surface area contributed by atoms with Gasteiger partial charge in [-0.05, 0) is 43.2 Å². The van der Waals surface area contributed by atoms with Gasteiger partial charge < -0.3 is 15.1 Å². The monoisotopic (exact) mass is 352 g/mol. The number of halogens is 2. The van der Waals surface area contributed by atoms with Crippen LogP contribution in [0.25, 0.3) is 0 Å². The minimum atomic E-state index is -1.03. The second kappa shape index (κ2) is 6.26. The molecule has 2 N–H and O–H groups in total. The Labute approximate surface area is 142 Å². The summed E-state index contributed by atoms with van der Waals surface area (Å²) >= 11 is 11.9. The summed E-state index contributed by atoms with van der Waals surface area (Å²) in [6, 6.07) is 8.27. The Bertz CT molecular complexity index is 740. The van der Waals surface area contributed by atoms with Gasteiger partial charge in [-0.3, -0.25) is 9.59 Å². The molecule has 3 rings (SSSR count). The van der Waals surface area contributed by atoms with Crippen molar-refractivity contribution in [1.29, 1.82) is 0 Å². The fourth-order valence-corrected chi connectivity index (χ4v) is 2.72. The summed E-state index contributed by atoms with van der Waals surface area (Å²) in [5, 5.41) is 6.24. The molecule has 1 aromatic carbocycles. The van der Waals surface area contributed by atoms with Gasteiger partial charge in [0.05, 0.1) is 23.5 Å². The molecule has 0 saturated heterocycles. The molecule has 5 nitrogen and oxygen atoms in total. The van der Waals surface area contributed by atoms with E-state index in [9.17, 15) is 9.59 Å². The third kappa shape index (κ3) is 3.35. The number of furan rings is 1. The molecule has 0 aliphatic heterocycles. The number of carbonyl (C=O) groups is 2. The molecule has 1 saturated carbocycles. The number of nitrogens with one attached hydrogen (secondary N) is 2. The molecule has 1 fully saturated rings. The predicted molar refractivity (Wildman–Crippen MR) is 87.3 cm³/mol. The van der Waals surface area contributed by atoms with Gasteiger partial charge in [-0.1, -0.05) is 23.2 Å². The maximum absolute atomic E-state index is 12.4. The van der Waals surface area contributed by atoms with E-state index in [2.05, 4.69) is 10.6 Å². The molecule has 0 unspecified atom stereocenters. The minimum Gasteiger partial charge on any atom is -0.467 e. The molecule has 1 aliphatic carbocycles. The maximum Gasteiger partial charge on any atom is 0.240 e. The van der Waals surface area contributed by atoms with Crippen LogP contribution in [0.3, 0.4) is 0 Å². The number of carbonyl (C=O) groups excluding carboxylic acids is 2. The van der Waals surface area contributed by atoms with E-state index in [0.717, 1.165) is 0 Å². The van der Waals surface area contributed by atoms with E-state index in [0.29, 0.717) is 34.3 Å². The SMILES string of the molecule is O=C(NCc1ccco1)C1(C(=O)Nc2ccc(Cl)cc2Cl)CC1. The van der Waals surface area contributed by atoms with E-state index >= 15 is 0 Å². The Morgan fingerprint density at radius 2 is 1.96 bits per heavy atom. The number of hydrogen-bond donors (Lipinski definition) is 2. The molecule has 2 amide bonds. The van der Waals surface area contributed by atoms with Crippen LogP contribution < -0.4 is 10.6 Å². The van der Waals surface area contributed by atoms with Crippen LogP contribution in [-0.2, 0) is 16.1 Å². The van der Waals surface area contributed by atoms with Gasteiger partial charge in [0.2, 0.25) is 11.8 Å². The lowest BCUT2D eigenvalue weighted by Gasteiger charge is -2.15. The van der Waals surface area contributed by atoms with Crippen molar-refractivity contribution in [3.63, 3.8) is 0 Å². The number of rotatable bonds is 5. The highest BCUT2D eigenvalue weighted by Gasteiger charge is 2.56. The minimum absolute atomic E-state index is 0.253. The second-order valence-electron chi connectivity index (χ2n) is 5.42. The average Bonchev–Trinajstić information content (AvgIpc) is 3.17. The molecule has 120 valence electrons. The van der Waals surface area contributed by atoms with Gasteiger partial charge in [0.25, 0.3) is 0 Å². The van der Waals surface area contributed by atoms with Gasteiger partial charge in [0.1, 0.15) is 11.2 Å². The van der Waals surface area contributed by atoms with Gasteiger partial charge in [-0.15, -0.1) is 0 Å². The molecular weight excluding hydrogens is 339 g/mol.